The third-order valence-corrected chi connectivity index (χ3v) is 4.25. The first-order valence-corrected chi connectivity index (χ1v) is 8.26. The number of rotatable bonds is 4. The van der Waals surface area contributed by atoms with Gasteiger partial charge in [-0.15, -0.1) is 0 Å². The monoisotopic (exact) mass is 325 g/mol. The standard InChI is InChI=1S/C20H23NO3/c1-13-10-14(2)20(15(3)11-13)24-12-19(22)21-17-8-9-23-18-7-5-4-6-16(17)18/h4-7,10-11,17H,8-9,12H2,1-3H3,(H,21,22)/t17-/m0/s1. The summed E-state index contributed by atoms with van der Waals surface area (Å²) in [5.41, 5.74) is 4.33. The van der Waals surface area contributed by atoms with Crippen LogP contribution in [0.15, 0.2) is 36.4 Å². The highest BCUT2D eigenvalue weighted by molar-refractivity contribution is 5.78. The van der Waals surface area contributed by atoms with E-state index >= 15 is 0 Å². The summed E-state index contributed by atoms with van der Waals surface area (Å²) >= 11 is 0. The molecule has 2 aromatic rings. The van der Waals surface area contributed by atoms with E-state index in [0.29, 0.717) is 6.61 Å². The number of benzene rings is 2. The number of fused-ring (bicyclic) bond motifs is 1. The fourth-order valence-electron chi connectivity index (χ4n) is 3.26. The number of amides is 1. The highest BCUT2D eigenvalue weighted by Gasteiger charge is 2.22. The second-order valence-electron chi connectivity index (χ2n) is 6.31. The average molecular weight is 325 g/mol. The first-order valence-electron chi connectivity index (χ1n) is 8.26. The number of aryl methyl sites for hydroxylation is 3. The molecule has 0 fully saturated rings. The van der Waals surface area contributed by atoms with Crippen LogP contribution >= 0.6 is 0 Å². The van der Waals surface area contributed by atoms with Crippen LogP contribution in [0, 0.1) is 20.8 Å². The van der Waals surface area contributed by atoms with E-state index in [2.05, 4.69) is 24.4 Å². The van der Waals surface area contributed by atoms with E-state index in [1.165, 1.54) is 5.56 Å². The van der Waals surface area contributed by atoms with Crippen LogP contribution < -0.4 is 14.8 Å². The van der Waals surface area contributed by atoms with Gasteiger partial charge in [-0.05, 0) is 38.0 Å². The van der Waals surface area contributed by atoms with Gasteiger partial charge in [-0.1, -0.05) is 35.9 Å². The molecule has 1 heterocycles. The molecule has 0 saturated heterocycles. The molecule has 0 bridgehead atoms. The van der Waals surface area contributed by atoms with Crippen molar-refractivity contribution in [3.63, 3.8) is 0 Å². The number of carbonyl (C=O) groups is 1. The van der Waals surface area contributed by atoms with Crippen LogP contribution in [0.3, 0.4) is 0 Å². The van der Waals surface area contributed by atoms with Crippen molar-refractivity contribution in [2.24, 2.45) is 0 Å². The largest absolute Gasteiger partial charge is 0.493 e. The summed E-state index contributed by atoms with van der Waals surface area (Å²) in [5, 5.41) is 3.05. The molecule has 24 heavy (non-hydrogen) atoms. The van der Waals surface area contributed by atoms with Crippen molar-refractivity contribution in [3.05, 3.63) is 58.7 Å². The van der Waals surface area contributed by atoms with Crippen molar-refractivity contribution in [2.75, 3.05) is 13.2 Å². The van der Waals surface area contributed by atoms with Crippen molar-refractivity contribution in [2.45, 2.75) is 33.2 Å². The van der Waals surface area contributed by atoms with Crippen molar-refractivity contribution < 1.29 is 14.3 Å². The third kappa shape index (κ3) is 3.53. The lowest BCUT2D eigenvalue weighted by atomic mass is 10.0. The van der Waals surface area contributed by atoms with E-state index in [9.17, 15) is 4.79 Å². The van der Waals surface area contributed by atoms with Gasteiger partial charge in [-0.25, -0.2) is 0 Å². The summed E-state index contributed by atoms with van der Waals surface area (Å²) in [5.74, 6) is 1.53. The molecule has 126 valence electrons. The second-order valence-corrected chi connectivity index (χ2v) is 6.31. The quantitative estimate of drug-likeness (QED) is 0.934. The Balaban J connectivity index is 1.63. The van der Waals surface area contributed by atoms with E-state index in [1.807, 2.05) is 38.1 Å². The Kier molecular flexibility index (Phi) is 4.74. The summed E-state index contributed by atoms with van der Waals surface area (Å²) in [4.78, 5) is 12.3. The molecule has 3 rings (SSSR count). The Morgan fingerprint density at radius 3 is 2.67 bits per heavy atom. The van der Waals surface area contributed by atoms with Crippen molar-refractivity contribution in [3.8, 4) is 11.5 Å². The smallest absolute Gasteiger partial charge is 0.258 e. The minimum Gasteiger partial charge on any atom is -0.493 e. The second kappa shape index (κ2) is 6.95. The highest BCUT2D eigenvalue weighted by atomic mass is 16.5. The fourth-order valence-corrected chi connectivity index (χ4v) is 3.26. The molecule has 4 heteroatoms. The molecule has 0 unspecified atom stereocenters. The predicted octanol–water partition coefficient (Wildman–Crippen LogP) is 3.63. The van der Waals surface area contributed by atoms with E-state index in [0.717, 1.165) is 34.6 Å². The maximum atomic E-state index is 12.3. The van der Waals surface area contributed by atoms with Gasteiger partial charge in [0.05, 0.1) is 12.6 Å². The molecule has 0 aliphatic carbocycles. The van der Waals surface area contributed by atoms with Gasteiger partial charge in [0.2, 0.25) is 0 Å². The van der Waals surface area contributed by atoms with E-state index < -0.39 is 0 Å². The Hall–Kier alpha value is -2.49. The van der Waals surface area contributed by atoms with E-state index in [1.54, 1.807) is 0 Å². The van der Waals surface area contributed by atoms with Crippen molar-refractivity contribution >= 4 is 5.91 Å². The van der Waals surface area contributed by atoms with Crippen molar-refractivity contribution in [1.29, 1.82) is 0 Å². The van der Waals surface area contributed by atoms with Crippen LogP contribution in [0.2, 0.25) is 0 Å². The lowest BCUT2D eigenvalue weighted by molar-refractivity contribution is -0.124. The molecule has 1 N–H and O–H groups in total. The zero-order valence-electron chi connectivity index (χ0n) is 14.4. The van der Waals surface area contributed by atoms with Crippen LogP contribution in [0.25, 0.3) is 0 Å². The number of hydrogen-bond donors (Lipinski definition) is 1. The molecule has 0 aromatic heterocycles. The summed E-state index contributed by atoms with van der Waals surface area (Å²) in [6, 6.07) is 11.9. The van der Waals surface area contributed by atoms with Gasteiger partial charge >= 0.3 is 0 Å². The molecule has 4 nitrogen and oxygen atoms in total. The van der Waals surface area contributed by atoms with Gasteiger partial charge in [0.15, 0.2) is 6.61 Å². The molecular formula is C20H23NO3. The molecule has 1 aliphatic rings. The number of hydrogen-bond acceptors (Lipinski definition) is 3. The number of carbonyl (C=O) groups excluding carboxylic acids is 1. The van der Waals surface area contributed by atoms with Gasteiger partial charge in [-0.3, -0.25) is 4.79 Å². The Bertz CT molecular complexity index is 731. The molecule has 0 saturated carbocycles. The number of para-hydroxylation sites is 1. The predicted molar refractivity (Wildman–Crippen MR) is 93.6 cm³/mol. The molecule has 0 spiro atoms. The van der Waals surface area contributed by atoms with E-state index in [-0.39, 0.29) is 18.6 Å². The SMILES string of the molecule is Cc1cc(C)c(OCC(=O)N[C@H]2CCOc3ccccc32)c(C)c1. The fraction of sp³-hybridized carbons (Fsp3) is 0.350. The van der Waals surface area contributed by atoms with Gasteiger partial charge in [0.1, 0.15) is 11.5 Å². The molecule has 1 atom stereocenters. The van der Waals surface area contributed by atoms with Crippen LogP contribution in [-0.2, 0) is 4.79 Å². The van der Waals surface area contributed by atoms with Crippen molar-refractivity contribution in [1.82, 2.24) is 5.32 Å². The first-order chi connectivity index (χ1) is 11.5. The van der Waals surface area contributed by atoms with Crippen LogP contribution in [0.4, 0.5) is 0 Å². The topological polar surface area (TPSA) is 47.6 Å². The van der Waals surface area contributed by atoms with Gasteiger partial charge < -0.3 is 14.8 Å². The zero-order valence-corrected chi connectivity index (χ0v) is 14.4. The van der Waals surface area contributed by atoms with Crippen LogP contribution in [0.1, 0.15) is 34.7 Å². The van der Waals surface area contributed by atoms with Gasteiger partial charge in [-0.2, -0.15) is 0 Å². The van der Waals surface area contributed by atoms with Gasteiger partial charge in [0.25, 0.3) is 5.91 Å². The number of nitrogens with one attached hydrogen (secondary N) is 1. The summed E-state index contributed by atoms with van der Waals surface area (Å²) in [6.45, 7) is 6.69. The number of ether oxygens (including phenoxy) is 2. The van der Waals surface area contributed by atoms with Gasteiger partial charge in [0, 0.05) is 12.0 Å². The summed E-state index contributed by atoms with van der Waals surface area (Å²) in [6.07, 6.45) is 0.769. The molecule has 2 aromatic carbocycles. The lowest BCUT2D eigenvalue weighted by Crippen LogP contribution is -2.35. The van der Waals surface area contributed by atoms with E-state index in [4.69, 9.17) is 9.47 Å². The Morgan fingerprint density at radius 2 is 1.92 bits per heavy atom. The first kappa shape index (κ1) is 16.4. The maximum absolute atomic E-state index is 12.3. The molecule has 0 radical (unpaired) electrons. The molecule has 1 aliphatic heterocycles. The summed E-state index contributed by atoms with van der Waals surface area (Å²) in [7, 11) is 0. The maximum Gasteiger partial charge on any atom is 0.258 e. The average Bonchev–Trinajstić information content (AvgIpc) is 2.54. The normalized spacial score (nSPS) is 16.0. The Morgan fingerprint density at radius 1 is 1.21 bits per heavy atom. The lowest BCUT2D eigenvalue weighted by Gasteiger charge is -2.26. The highest BCUT2D eigenvalue weighted by Crippen LogP contribution is 2.31. The van der Waals surface area contributed by atoms with Crippen LogP contribution in [0.5, 0.6) is 11.5 Å². The minimum atomic E-state index is -0.115. The Labute approximate surface area is 142 Å². The van der Waals surface area contributed by atoms with Crippen LogP contribution in [-0.4, -0.2) is 19.1 Å². The minimum absolute atomic E-state index is 0.0181. The molecular weight excluding hydrogens is 302 g/mol. The zero-order chi connectivity index (χ0) is 17.1. The molecule has 1 amide bonds. The summed E-state index contributed by atoms with van der Waals surface area (Å²) < 4.78 is 11.4. The third-order valence-electron chi connectivity index (χ3n) is 4.25.